The van der Waals surface area contributed by atoms with E-state index in [1.807, 2.05) is 12.1 Å². The summed E-state index contributed by atoms with van der Waals surface area (Å²) < 4.78 is 40.1. The third-order valence-corrected chi connectivity index (χ3v) is 10.4. The lowest BCUT2D eigenvalue weighted by atomic mass is 10.0. The molecule has 12 nitrogen and oxygen atoms in total. The molecule has 4 saturated heterocycles. The average Bonchev–Trinajstić information content (AvgIpc) is 3.60. The van der Waals surface area contributed by atoms with Crippen molar-refractivity contribution in [3.8, 4) is 5.75 Å². The fourth-order valence-corrected chi connectivity index (χ4v) is 7.38. The number of carbonyl (C=O) groups is 1. The molecule has 1 aromatic heterocycles. The zero-order valence-electron chi connectivity index (χ0n) is 27.9. The van der Waals surface area contributed by atoms with Crippen LogP contribution in [0, 0.1) is 11.6 Å². The summed E-state index contributed by atoms with van der Waals surface area (Å²) in [5, 5.41) is 7.17. The van der Waals surface area contributed by atoms with Crippen LogP contribution < -0.4 is 25.3 Å². The quantitative estimate of drug-likeness (QED) is 0.216. The molecule has 7 rings (SSSR count). The molecule has 4 fully saturated rings. The second-order valence-electron chi connectivity index (χ2n) is 12.9. The largest absolute Gasteiger partial charge is 0.494 e. The van der Waals surface area contributed by atoms with Gasteiger partial charge in [0.15, 0.2) is 5.82 Å². The van der Waals surface area contributed by atoms with Crippen LogP contribution in [0.3, 0.4) is 0 Å². The molecule has 0 radical (unpaired) electrons. The van der Waals surface area contributed by atoms with Gasteiger partial charge in [0.25, 0.3) is 0 Å². The molecule has 0 saturated carbocycles. The first-order valence-electron chi connectivity index (χ1n) is 16.9. The van der Waals surface area contributed by atoms with Gasteiger partial charge >= 0.3 is 0 Å². The van der Waals surface area contributed by atoms with E-state index in [1.54, 1.807) is 13.2 Å². The molecular weight excluding hydrogens is 670 g/mol. The van der Waals surface area contributed by atoms with E-state index in [2.05, 4.69) is 41.9 Å². The molecule has 4 aliphatic rings. The summed E-state index contributed by atoms with van der Waals surface area (Å²) in [6.45, 7) is 11.6. The van der Waals surface area contributed by atoms with Gasteiger partial charge in [0.05, 0.1) is 56.1 Å². The molecular formula is C35H41ClF2N8O4. The molecule has 5 heterocycles. The Morgan fingerprint density at radius 2 is 1.74 bits per heavy atom. The van der Waals surface area contributed by atoms with E-state index in [0.29, 0.717) is 53.9 Å². The van der Waals surface area contributed by atoms with Gasteiger partial charge in [-0.25, -0.2) is 23.8 Å². The monoisotopic (exact) mass is 710 g/mol. The van der Waals surface area contributed by atoms with Crippen LogP contribution in [0.2, 0.25) is 5.02 Å². The van der Waals surface area contributed by atoms with Crippen LogP contribution in [-0.4, -0.2) is 104 Å². The van der Waals surface area contributed by atoms with Crippen molar-refractivity contribution in [2.75, 3.05) is 86.8 Å². The number of halogens is 3. The smallest absolute Gasteiger partial charge is 0.247 e. The molecule has 266 valence electrons. The van der Waals surface area contributed by atoms with E-state index in [-0.39, 0.29) is 11.5 Å². The molecule has 2 aromatic carbocycles. The van der Waals surface area contributed by atoms with Gasteiger partial charge in [0, 0.05) is 69.4 Å². The number of hydrogen-bond donors (Lipinski definition) is 2. The van der Waals surface area contributed by atoms with Gasteiger partial charge in [-0.3, -0.25) is 19.4 Å². The Morgan fingerprint density at radius 3 is 2.42 bits per heavy atom. The number of ether oxygens (including phenoxy) is 2. The minimum atomic E-state index is -0.833. The fourth-order valence-electron chi connectivity index (χ4n) is 7.20. The number of amides is 1. The highest BCUT2D eigenvalue weighted by Crippen LogP contribution is 2.41. The maximum atomic E-state index is 15.0. The number of hydrogen-bond acceptors (Lipinski definition) is 11. The topological polar surface area (TPSA) is 108 Å². The molecule has 1 amide bonds. The van der Waals surface area contributed by atoms with Crippen molar-refractivity contribution in [1.82, 2.24) is 19.8 Å². The highest BCUT2D eigenvalue weighted by Gasteiger charge is 2.34. The number of rotatable bonds is 10. The molecule has 50 heavy (non-hydrogen) atoms. The number of nitrogens with zero attached hydrogens (tertiary/aromatic N) is 6. The lowest BCUT2D eigenvalue weighted by Crippen LogP contribution is -2.59. The van der Waals surface area contributed by atoms with Crippen molar-refractivity contribution in [3.63, 3.8) is 0 Å². The predicted octanol–water partition coefficient (Wildman–Crippen LogP) is 5.15. The molecule has 0 bridgehead atoms. The zero-order chi connectivity index (χ0) is 34.8. The molecule has 0 spiro atoms. The SMILES string of the molecule is C=CC(=O)Nc1cc(Nc2cc(N3OCC[C@@H]3c3ccc(F)c(Cl)c3F)ncn2)c(OC)cc1N1CCC(N2CCN(C3COC3)CC2)CC1. The van der Waals surface area contributed by atoms with Gasteiger partial charge in [-0.15, -0.1) is 0 Å². The first-order chi connectivity index (χ1) is 24.3. The van der Waals surface area contributed by atoms with Gasteiger partial charge in [-0.1, -0.05) is 24.2 Å². The number of methoxy groups -OCH3 is 1. The van der Waals surface area contributed by atoms with Gasteiger partial charge < -0.3 is 25.0 Å². The van der Waals surface area contributed by atoms with E-state index in [4.69, 9.17) is 25.9 Å². The maximum Gasteiger partial charge on any atom is 0.247 e. The number of carbonyl (C=O) groups excluding carboxylic acids is 1. The number of piperazine rings is 1. The Balaban J connectivity index is 1.08. The minimum Gasteiger partial charge on any atom is -0.494 e. The number of aromatic nitrogens is 2. The standard InChI is InChI=1S/C35H41ClF2N8O4/c1-3-33(47)42-26-16-27(41-31-18-32(40-21-39-31)46-28(8-15-50-46)24-4-5-25(37)34(36)35(24)38)30(48-2)17-29(26)45-9-6-22(7-10-45)43-11-13-44(14-12-43)23-19-49-20-23/h3-5,16-18,21-23,28H,1,6-15,19-20H2,2H3,(H,42,47)(H,39,40,41)/t28-/m1/s1. The summed E-state index contributed by atoms with van der Waals surface area (Å²) in [7, 11) is 1.59. The number of piperidine rings is 1. The van der Waals surface area contributed by atoms with Crippen molar-refractivity contribution in [2.45, 2.75) is 37.4 Å². The third kappa shape index (κ3) is 7.08. The third-order valence-electron chi connectivity index (χ3n) is 10.0. The number of nitrogens with one attached hydrogen (secondary N) is 2. The van der Waals surface area contributed by atoms with Crippen molar-refractivity contribution in [1.29, 1.82) is 0 Å². The first-order valence-corrected chi connectivity index (χ1v) is 17.3. The van der Waals surface area contributed by atoms with E-state index >= 15 is 0 Å². The van der Waals surface area contributed by atoms with Crippen LogP contribution in [-0.2, 0) is 14.4 Å². The maximum absolute atomic E-state index is 15.0. The molecule has 0 aliphatic carbocycles. The number of benzene rings is 2. The van der Waals surface area contributed by atoms with Gasteiger partial charge in [-0.2, -0.15) is 0 Å². The van der Waals surface area contributed by atoms with Gasteiger partial charge in [0.1, 0.15) is 34.6 Å². The molecule has 1 atom stereocenters. The molecule has 4 aliphatic heterocycles. The summed E-state index contributed by atoms with van der Waals surface area (Å²) >= 11 is 5.87. The second-order valence-corrected chi connectivity index (χ2v) is 13.2. The van der Waals surface area contributed by atoms with Crippen LogP contribution in [0.5, 0.6) is 5.75 Å². The summed E-state index contributed by atoms with van der Waals surface area (Å²) in [5.41, 5.74) is 2.22. The second kappa shape index (κ2) is 15.0. The van der Waals surface area contributed by atoms with E-state index in [9.17, 15) is 13.6 Å². The first kappa shape index (κ1) is 34.4. The highest BCUT2D eigenvalue weighted by atomic mass is 35.5. The summed E-state index contributed by atoms with van der Waals surface area (Å²) in [5.74, 6) is -0.679. The van der Waals surface area contributed by atoms with E-state index in [0.717, 1.165) is 77.1 Å². The Kier molecular flexibility index (Phi) is 10.3. The van der Waals surface area contributed by atoms with E-state index < -0.39 is 22.7 Å². The van der Waals surface area contributed by atoms with Crippen molar-refractivity contribution < 1.29 is 27.9 Å². The fraction of sp³-hybridized carbons (Fsp3) is 0.457. The number of hydroxylamine groups is 1. The van der Waals surface area contributed by atoms with Crippen LogP contribution in [0.25, 0.3) is 0 Å². The van der Waals surface area contributed by atoms with Crippen LogP contribution >= 0.6 is 11.6 Å². The highest BCUT2D eigenvalue weighted by molar-refractivity contribution is 6.31. The Hall–Kier alpha value is -4.08. The van der Waals surface area contributed by atoms with Crippen molar-refractivity contribution >= 4 is 46.2 Å². The van der Waals surface area contributed by atoms with Crippen molar-refractivity contribution in [3.05, 3.63) is 71.5 Å². The molecule has 0 unspecified atom stereocenters. The Morgan fingerprint density at radius 1 is 1.00 bits per heavy atom. The normalized spacial score (nSPS) is 20.8. The van der Waals surface area contributed by atoms with Crippen molar-refractivity contribution in [2.24, 2.45) is 0 Å². The van der Waals surface area contributed by atoms with Gasteiger partial charge in [0.2, 0.25) is 5.91 Å². The van der Waals surface area contributed by atoms with Crippen LogP contribution in [0.15, 0.2) is 49.3 Å². The molecule has 15 heteroatoms. The summed E-state index contributed by atoms with van der Waals surface area (Å²) in [6, 6.07) is 8.41. The lowest BCUT2D eigenvalue weighted by Gasteiger charge is -2.46. The predicted molar refractivity (Wildman–Crippen MR) is 187 cm³/mol. The summed E-state index contributed by atoms with van der Waals surface area (Å²) in [6.07, 6.45) is 5.07. The lowest BCUT2D eigenvalue weighted by molar-refractivity contribution is -0.111. The zero-order valence-corrected chi connectivity index (χ0v) is 28.7. The van der Waals surface area contributed by atoms with Gasteiger partial charge in [-0.05, 0) is 31.1 Å². The Bertz CT molecular complexity index is 1720. The van der Waals surface area contributed by atoms with E-state index in [1.165, 1.54) is 23.5 Å². The number of anilines is 5. The molecule has 3 aromatic rings. The average molecular weight is 711 g/mol. The minimum absolute atomic E-state index is 0.202. The van der Waals surface area contributed by atoms with Crippen LogP contribution in [0.1, 0.15) is 30.9 Å². The Labute approximate surface area is 294 Å². The summed E-state index contributed by atoms with van der Waals surface area (Å²) in [4.78, 5) is 34.6. The van der Waals surface area contributed by atoms with Crippen LogP contribution in [0.4, 0.5) is 37.5 Å². The molecule has 2 N–H and O–H groups in total.